The largest absolute Gasteiger partial charge is 0.352 e. The van der Waals surface area contributed by atoms with Crippen molar-refractivity contribution in [3.63, 3.8) is 0 Å². The second-order valence-corrected chi connectivity index (χ2v) is 8.75. The van der Waals surface area contributed by atoms with Crippen LogP contribution in [0, 0.1) is 20.8 Å². The number of amides is 2. The van der Waals surface area contributed by atoms with E-state index in [-0.39, 0.29) is 6.03 Å². The van der Waals surface area contributed by atoms with Gasteiger partial charge in [-0.1, -0.05) is 24.6 Å². The SMILES string of the molecule is CCc1nc(N2CCN(C(=O)Nc3ccc(C)cc3)CC2)c2c(C)c(C)sc2n1. The molecule has 0 unspecified atom stereocenters. The van der Waals surface area contributed by atoms with Gasteiger partial charge in [-0.3, -0.25) is 0 Å². The van der Waals surface area contributed by atoms with Crippen LogP contribution in [0.25, 0.3) is 10.2 Å². The average Bonchev–Trinajstić information content (AvgIpc) is 3.02. The minimum atomic E-state index is -0.0434. The summed E-state index contributed by atoms with van der Waals surface area (Å²) in [6.07, 6.45) is 0.817. The lowest BCUT2D eigenvalue weighted by molar-refractivity contribution is 0.208. The highest BCUT2D eigenvalue weighted by Gasteiger charge is 2.25. The lowest BCUT2D eigenvalue weighted by Crippen LogP contribution is -2.50. The number of hydrogen-bond donors (Lipinski definition) is 1. The summed E-state index contributed by atoms with van der Waals surface area (Å²) < 4.78 is 0. The van der Waals surface area contributed by atoms with Gasteiger partial charge in [-0.05, 0) is 38.5 Å². The van der Waals surface area contributed by atoms with Gasteiger partial charge < -0.3 is 15.1 Å². The molecule has 29 heavy (non-hydrogen) atoms. The Morgan fingerprint density at radius 2 is 1.76 bits per heavy atom. The van der Waals surface area contributed by atoms with Crippen molar-refractivity contribution in [2.24, 2.45) is 0 Å². The summed E-state index contributed by atoms with van der Waals surface area (Å²) in [7, 11) is 0. The van der Waals surface area contributed by atoms with Gasteiger partial charge >= 0.3 is 6.03 Å². The molecule has 0 saturated carbocycles. The summed E-state index contributed by atoms with van der Waals surface area (Å²) in [5.41, 5.74) is 3.28. The van der Waals surface area contributed by atoms with Crippen LogP contribution in [0.2, 0.25) is 0 Å². The highest BCUT2D eigenvalue weighted by molar-refractivity contribution is 7.18. The molecule has 152 valence electrons. The van der Waals surface area contributed by atoms with Crippen molar-refractivity contribution in [3.05, 3.63) is 46.1 Å². The van der Waals surface area contributed by atoms with E-state index in [1.165, 1.54) is 21.4 Å². The quantitative estimate of drug-likeness (QED) is 0.690. The van der Waals surface area contributed by atoms with Crippen LogP contribution in [0.15, 0.2) is 24.3 Å². The van der Waals surface area contributed by atoms with Crippen molar-refractivity contribution in [1.29, 1.82) is 0 Å². The molecule has 3 aromatic rings. The predicted octanol–water partition coefficient (Wildman–Crippen LogP) is 4.53. The lowest BCUT2D eigenvalue weighted by Gasteiger charge is -2.35. The third-order valence-electron chi connectivity index (χ3n) is 5.54. The van der Waals surface area contributed by atoms with Crippen LogP contribution in [0.4, 0.5) is 16.3 Å². The molecule has 0 bridgehead atoms. The second kappa shape index (κ2) is 7.99. The molecule has 1 aromatic carbocycles. The smallest absolute Gasteiger partial charge is 0.321 e. The number of aromatic nitrogens is 2. The fourth-order valence-electron chi connectivity index (χ4n) is 3.62. The number of piperazine rings is 1. The Balaban J connectivity index is 1.49. The number of nitrogens with one attached hydrogen (secondary N) is 1. The zero-order valence-electron chi connectivity index (χ0n) is 17.5. The number of thiophene rings is 1. The number of carbonyl (C=O) groups is 1. The van der Waals surface area contributed by atoms with Gasteiger partial charge in [0.15, 0.2) is 0 Å². The summed E-state index contributed by atoms with van der Waals surface area (Å²) in [5.74, 6) is 1.90. The van der Waals surface area contributed by atoms with E-state index in [2.05, 4.69) is 31.0 Å². The maximum Gasteiger partial charge on any atom is 0.321 e. The van der Waals surface area contributed by atoms with Crippen LogP contribution < -0.4 is 10.2 Å². The van der Waals surface area contributed by atoms with Crippen molar-refractivity contribution < 1.29 is 4.79 Å². The molecule has 0 radical (unpaired) electrons. The number of anilines is 2. The van der Waals surface area contributed by atoms with E-state index in [1.54, 1.807) is 11.3 Å². The van der Waals surface area contributed by atoms with Crippen molar-refractivity contribution in [1.82, 2.24) is 14.9 Å². The first kappa shape index (κ1) is 19.6. The maximum absolute atomic E-state index is 12.6. The molecule has 0 aliphatic carbocycles. The van der Waals surface area contributed by atoms with Gasteiger partial charge in [-0.15, -0.1) is 11.3 Å². The van der Waals surface area contributed by atoms with E-state index in [1.807, 2.05) is 36.1 Å². The molecular weight excluding hydrogens is 382 g/mol. The minimum absolute atomic E-state index is 0.0434. The molecule has 1 fully saturated rings. The first-order valence-corrected chi connectivity index (χ1v) is 10.9. The summed E-state index contributed by atoms with van der Waals surface area (Å²) in [6, 6.07) is 7.84. The van der Waals surface area contributed by atoms with Crippen LogP contribution in [0.1, 0.15) is 28.8 Å². The van der Waals surface area contributed by atoms with Crippen LogP contribution in [-0.2, 0) is 6.42 Å². The summed E-state index contributed by atoms with van der Waals surface area (Å²) >= 11 is 1.74. The number of urea groups is 1. The molecule has 1 saturated heterocycles. The van der Waals surface area contributed by atoms with Crippen molar-refractivity contribution >= 4 is 39.1 Å². The Kier molecular flexibility index (Phi) is 5.41. The molecule has 0 atom stereocenters. The second-order valence-electron chi connectivity index (χ2n) is 7.55. The van der Waals surface area contributed by atoms with E-state index in [9.17, 15) is 4.79 Å². The van der Waals surface area contributed by atoms with E-state index in [4.69, 9.17) is 9.97 Å². The fraction of sp³-hybridized carbons (Fsp3) is 0.409. The summed E-state index contributed by atoms with van der Waals surface area (Å²) in [6.45, 7) is 11.3. The summed E-state index contributed by atoms with van der Waals surface area (Å²) in [5, 5.41) is 4.17. The number of rotatable bonds is 3. The number of aryl methyl sites for hydroxylation is 4. The Hall–Kier alpha value is -2.67. The standard InChI is InChI=1S/C22H27N5OS/c1-5-18-24-20(19-15(3)16(4)29-21(19)25-18)26-10-12-27(13-11-26)22(28)23-17-8-6-14(2)7-9-17/h6-9H,5,10-13H2,1-4H3,(H,23,28). The van der Waals surface area contributed by atoms with Crippen LogP contribution >= 0.6 is 11.3 Å². The molecule has 1 aliphatic rings. The van der Waals surface area contributed by atoms with Gasteiger partial charge in [-0.25, -0.2) is 14.8 Å². The molecule has 3 heterocycles. The van der Waals surface area contributed by atoms with E-state index in [0.29, 0.717) is 13.1 Å². The van der Waals surface area contributed by atoms with Crippen LogP contribution in [0.5, 0.6) is 0 Å². The van der Waals surface area contributed by atoms with E-state index < -0.39 is 0 Å². The number of benzene rings is 1. The Labute approximate surface area is 175 Å². The first-order valence-electron chi connectivity index (χ1n) is 10.1. The maximum atomic E-state index is 12.6. The Bertz CT molecular complexity index is 1040. The van der Waals surface area contributed by atoms with Gasteiger partial charge in [0.25, 0.3) is 0 Å². The molecule has 2 aromatic heterocycles. The summed E-state index contributed by atoms with van der Waals surface area (Å²) in [4.78, 5) is 28.8. The van der Waals surface area contributed by atoms with Gasteiger partial charge in [0.1, 0.15) is 16.5 Å². The van der Waals surface area contributed by atoms with Crippen molar-refractivity contribution in [3.8, 4) is 0 Å². The van der Waals surface area contributed by atoms with Gasteiger partial charge in [-0.2, -0.15) is 0 Å². The highest BCUT2D eigenvalue weighted by Crippen LogP contribution is 2.35. The van der Waals surface area contributed by atoms with Crippen LogP contribution in [0.3, 0.4) is 0 Å². The highest BCUT2D eigenvalue weighted by atomic mass is 32.1. The topological polar surface area (TPSA) is 61.4 Å². The molecule has 0 spiro atoms. The van der Waals surface area contributed by atoms with Gasteiger partial charge in [0, 0.05) is 43.2 Å². The van der Waals surface area contributed by atoms with Gasteiger partial charge in [0.05, 0.1) is 5.39 Å². The molecule has 7 heteroatoms. The van der Waals surface area contributed by atoms with E-state index in [0.717, 1.165) is 41.7 Å². The lowest BCUT2D eigenvalue weighted by atomic mass is 10.2. The molecule has 6 nitrogen and oxygen atoms in total. The zero-order valence-corrected chi connectivity index (χ0v) is 18.3. The predicted molar refractivity (Wildman–Crippen MR) is 120 cm³/mol. The Morgan fingerprint density at radius 3 is 2.41 bits per heavy atom. The van der Waals surface area contributed by atoms with Crippen LogP contribution in [-0.4, -0.2) is 47.1 Å². The molecular formula is C22H27N5OS. The molecule has 2 amide bonds. The zero-order chi connectivity index (χ0) is 20.5. The number of carbonyl (C=O) groups excluding carboxylic acids is 1. The normalized spacial score (nSPS) is 14.5. The fourth-order valence-corrected chi connectivity index (χ4v) is 4.66. The number of fused-ring (bicyclic) bond motifs is 1. The average molecular weight is 410 g/mol. The molecule has 1 aliphatic heterocycles. The molecule has 1 N–H and O–H groups in total. The third kappa shape index (κ3) is 3.92. The van der Waals surface area contributed by atoms with Crippen molar-refractivity contribution in [2.45, 2.75) is 34.1 Å². The van der Waals surface area contributed by atoms with Gasteiger partial charge in [0.2, 0.25) is 0 Å². The third-order valence-corrected chi connectivity index (χ3v) is 6.64. The number of hydrogen-bond acceptors (Lipinski definition) is 5. The first-order chi connectivity index (χ1) is 14.0. The number of nitrogens with zero attached hydrogens (tertiary/aromatic N) is 4. The molecule has 4 rings (SSSR count). The monoisotopic (exact) mass is 409 g/mol. The van der Waals surface area contributed by atoms with Crippen molar-refractivity contribution in [2.75, 3.05) is 36.4 Å². The van der Waals surface area contributed by atoms with E-state index >= 15 is 0 Å². The minimum Gasteiger partial charge on any atom is -0.352 e. The Morgan fingerprint density at radius 1 is 1.07 bits per heavy atom.